The third-order valence-electron chi connectivity index (χ3n) is 3.76. The summed E-state index contributed by atoms with van der Waals surface area (Å²) in [6.45, 7) is 7.37. The van der Waals surface area contributed by atoms with E-state index in [9.17, 15) is 5.11 Å². The van der Waals surface area contributed by atoms with Gasteiger partial charge in [-0.15, -0.1) is 0 Å². The highest BCUT2D eigenvalue weighted by molar-refractivity contribution is 5.54. The highest BCUT2D eigenvalue weighted by Crippen LogP contribution is 2.26. The lowest BCUT2D eigenvalue weighted by molar-refractivity contribution is 0.115. The van der Waals surface area contributed by atoms with E-state index in [2.05, 4.69) is 25.7 Å². The van der Waals surface area contributed by atoms with E-state index in [1.54, 1.807) is 19.2 Å². The van der Waals surface area contributed by atoms with Gasteiger partial charge in [0.1, 0.15) is 5.75 Å². The highest BCUT2D eigenvalue weighted by atomic mass is 16.5. The number of phenols is 1. The van der Waals surface area contributed by atoms with Crippen LogP contribution in [-0.4, -0.2) is 31.5 Å². The Morgan fingerprint density at radius 3 is 3.05 bits per heavy atom. The van der Waals surface area contributed by atoms with Crippen LogP contribution in [0.4, 0.5) is 0 Å². The fraction of sp³-hybridized carbons (Fsp3) is 0.368. The van der Waals surface area contributed by atoms with Gasteiger partial charge < -0.3 is 14.6 Å². The van der Waals surface area contributed by atoms with Crippen molar-refractivity contribution in [2.45, 2.75) is 25.9 Å². The standard InChI is InChI=1S/C19H24O3/c1-14(11-16-5-4-6-17(20)12-16)7-8-19-18(9-10-22-19)15(2)13-21-3/h4-6,9,11-12,19-20H,2,7-8,10,13H2,1,3H3/b14-11+. The molecule has 0 radical (unpaired) electrons. The molecule has 2 rings (SSSR count). The molecule has 118 valence electrons. The van der Waals surface area contributed by atoms with Crippen LogP contribution in [-0.2, 0) is 9.47 Å². The van der Waals surface area contributed by atoms with E-state index < -0.39 is 0 Å². The summed E-state index contributed by atoms with van der Waals surface area (Å²) in [4.78, 5) is 0. The smallest absolute Gasteiger partial charge is 0.116 e. The van der Waals surface area contributed by atoms with Crippen LogP contribution >= 0.6 is 0 Å². The Bertz CT molecular complexity index is 584. The molecular weight excluding hydrogens is 276 g/mol. The van der Waals surface area contributed by atoms with Gasteiger partial charge in [-0.05, 0) is 48.6 Å². The van der Waals surface area contributed by atoms with Gasteiger partial charge in [0.25, 0.3) is 0 Å². The van der Waals surface area contributed by atoms with E-state index >= 15 is 0 Å². The Morgan fingerprint density at radius 2 is 2.32 bits per heavy atom. The van der Waals surface area contributed by atoms with Crippen molar-refractivity contribution in [2.75, 3.05) is 20.3 Å². The van der Waals surface area contributed by atoms with Gasteiger partial charge in [-0.25, -0.2) is 0 Å². The summed E-state index contributed by atoms with van der Waals surface area (Å²) in [6, 6.07) is 7.28. The predicted octanol–water partition coefficient (Wildman–Crippen LogP) is 4.10. The molecule has 1 heterocycles. The Labute approximate surface area is 132 Å². The van der Waals surface area contributed by atoms with Crippen LogP contribution in [0.25, 0.3) is 6.08 Å². The molecule has 1 aliphatic rings. The van der Waals surface area contributed by atoms with Crippen molar-refractivity contribution < 1.29 is 14.6 Å². The summed E-state index contributed by atoms with van der Waals surface area (Å²) in [7, 11) is 1.68. The molecule has 1 aromatic rings. The number of ether oxygens (including phenoxy) is 2. The number of allylic oxidation sites excluding steroid dienone is 1. The van der Waals surface area contributed by atoms with Gasteiger partial charge in [0.2, 0.25) is 0 Å². The van der Waals surface area contributed by atoms with Gasteiger partial charge in [0, 0.05) is 7.11 Å². The zero-order valence-electron chi connectivity index (χ0n) is 13.3. The van der Waals surface area contributed by atoms with Crippen molar-refractivity contribution in [3.05, 3.63) is 59.2 Å². The lowest BCUT2D eigenvalue weighted by Gasteiger charge is -2.16. The number of hydrogen-bond acceptors (Lipinski definition) is 3. The van der Waals surface area contributed by atoms with Crippen molar-refractivity contribution >= 4 is 6.08 Å². The molecular formula is C19H24O3. The van der Waals surface area contributed by atoms with E-state index in [-0.39, 0.29) is 6.10 Å². The zero-order chi connectivity index (χ0) is 15.9. The highest BCUT2D eigenvalue weighted by Gasteiger charge is 2.21. The lowest BCUT2D eigenvalue weighted by Crippen LogP contribution is -2.13. The lowest BCUT2D eigenvalue weighted by atomic mass is 9.97. The molecule has 0 spiro atoms. The van der Waals surface area contributed by atoms with Crippen molar-refractivity contribution in [2.24, 2.45) is 0 Å². The zero-order valence-corrected chi connectivity index (χ0v) is 13.3. The van der Waals surface area contributed by atoms with E-state index in [0.29, 0.717) is 19.0 Å². The third kappa shape index (κ3) is 4.58. The molecule has 0 saturated heterocycles. The molecule has 0 amide bonds. The number of aromatic hydroxyl groups is 1. The third-order valence-corrected chi connectivity index (χ3v) is 3.76. The number of rotatable bonds is 7. The number of phenolic OH excluding ortho intramolecular Hbond substituents is 1. The molecule has 1 unspecified atom stereocenters. The largest absolute Gasteiger partial charge is 0.508 e. The monoisotopic (exact) mass is 300 g/mol. The average Bonchev–Trinajstić information content (AvgIpc) is 2.94. The Morgan fingerprint density at radius 1 is 1.50 bits per heavy atom. The number of methoxy groups -OCH3 is 1. The molecule has 1 aliphatic heterocycles. The van der Waals surface area contributed by atoms with Crippen LogP contribution in [0.15, 0.2) is 53.6 Å². The maximum Gasteiger partial charge on any atom is 0.116 e. The fourth-order valence-electron chi connectivity index (χ4n) is 2.67. The van der Waals surface area contributed by atoms with Crippen molar-refractivity contribution in [1.82, 2.24) is 0 Å². The summed E-state index contributed by atoms with van der Waals surface area (Å²) in [5, 5.41) is 9.50. The molecule has 22 heavy (non-hydrogen) atoms. The van der Waals surface area contributed by atoms with Crippen molar-refractivity contribution in [3.63, 3.8) is 0 Å². The van der Waals surface area contributed by atoms with Gasteiger partial charge in [0.05, 0.1) is 19.3 Å². The summed E-state index contributed by atoms with van der Waals surface area (Å²) in [5.74, 6) is 0.293. The molecule has 1 atom stereocenters. The maximum atomic E-state index is 9.50. The van der Waals surface area contributed by atoms with Gasteiger partial charge in [-0.2, -0.15) is 0 Å². The Balaban J connectivity index is 1.92. The van der Waals surface area contributed by atoms with E-state index in [0.717, 1.165) is 24.0 Å². The SMILES string of the molecule is C=C(COC)C1=CCOC1CC/C(C)=C/c1cccc(O)c1. The molecule has 3 heteroatoms. The van der Waals surface area contributed by atoms with Gasteiger partial charge in [-0.3, -0.25) is 0 Å². The first kappa shape index (κ1) is 16.5. The summed E-state index contributed by atoms with van der Waals surface area (Å²) in [5.41, 5.74) is 4.45. The predicted molar refractivity (Wildman–Crippen MR) is 89.8 cm³/mol. The maximum absolute atomic E-state index is 9.50. The fourth-order valence-corrected chi connectivity index (χ4v) is 2.67. The average molecular weight is 300 g/mol. The van der Waals surface area contributed by atoms with Crippen molar-refractivity contribution in [3.8, 4) is 5.75 Å². The summed E-state index contributed by atoms with van der Waals surface area (Å²) in [6.07, 6.45) is 6.17. The molecule has 0 bridgehead atoms. The Kier molecular flexibility index (Phi) is 5.99. The van der Waals surface area contributed by atoms with Crippen LogP contribution < -0.4 is 0 Å². The first-order valence-corrected chi connectivity index (χ1v) is 7.55. The van der Waals surface area contributed by atoms with Crippen LogP contribution in [0.5, 0.6) is 5.75 Å². The minimum Gasteiger partial charge on any atom is -0.508 e. The second kappa shape index (κ2) is 7.97. The molecule has 0 aromatic heterocycles. The number of benzene rings is 1. The van der Waals surface area contributed by atoms with E-state index in [1.807, 2.05) is 12.1 Å². The van der Waals surface area contributed by atoms with Gasteiger partial charge >= 0.3 is 0 Å². The second-order valence-electron chi connectivity index (χ2n) is 5.64. The molecule has 0 saturated carbocycles. The topological polar surface area (TPSA) is 38.7 Å². The first-order valence-electron chi connectivity index (χ1n) is 7.55. The number of hydrogen-bond donors (Lipinski definition) is 1. The molecule has 0 aliphatic carbocycles. The second-order valence-corrected chi connectivity index (χ2v) is 5.64. The molecule has 1 N–H and O–H groups in total. The van der Waals surface area contributed by atoms with Gasteiger partial charge in [0.15, 0.2) is 0 Å². The van der Waals surface area contributed by atoms with E-state index in [4.69, 9.17) is 9.47 Å². The van der Waals surface area contributed by atoms with Crippen LogP contribution in [0.3, 0.4) is 0 Å². The van der Waals surface area contributed by atoms with Crippen LogP contribution in [0.2, 0.25) is 0 Å². The minimum absolute atomic E-state index is 0.107. The van der Waals surface area contributed by atoms with Crippen LogP contribution in [0.1, 0.15) is 25.3 Å². The molecule has 0 fully saturated rings. The summed E-state index contributed by atoms with van der Waals surface area (Å²) >= 11 is 0. The van der Waals surface area contributed by atoms with Gasteiger partial charge in [-0.1, -0.05) is 36.4 Å². The van der Waals surface area contributed by atoms with Crippen molar-refractivity contribution in [1.29, 1.82) is 0 Å². The minimum atomic E-state index is 0.107. The summed E-state index contributed by atoms with van der Waals surface area (Å²) < 4.78 is 10.9. The van der Waals surface area contributed by atoms with E-state index in [1.165, 1.54) is 11.1 Å². The quantitative estimate of drug-likeness (QED) is 0.824. The molecule has 3 nitrogen and oxygen atoms in total. The normalized spacial score (nSPS) is 18.4. The first-order chi connectivity index (χ1) is 10.6. The molecule has 1 aromatic carbocycles. The van der Waals surface area contributed by atoms with Crippen LogP contribution in [0, 0.1) is 0 Å². The Hall–Kier alpha value is -1.84.